The van der Waals surface area contributed by atoms with Gasteiger partial charge in [-0.2, -0.15) is 0 Å². The smallest absolute Gasteiger partial charge is 0.347 e. The highest BCUT2D eigenvalue weighted by Gasteiger charge is 2.31. The van der Waals surface area contributed by atoms with E-state index in [0.717, 1.165) is 6.42 Å². The normalized spacial score (nSPS) is 16.0. The molecule has 9 heteroatoms. The maximum atomic E-state index is 12.2. The summed E-state index contributed by atoms with van der Waals surface area (Å²) in [6, 6.07) is 4.58. The van der Waals surface area contributed by atoms with Crippen molar-refractivity contribution in [2.75, 3.05) is 19.7 Å². The summed E-state index contributed by atoms with van der Waals surface area (Å²) >= 11 is 0. The Balaban J connectivity index is 0.00000288. The second kappa shape index (κ2) is 9.22. The monoisotopic (exact) mass is 378 g/mol. The first kappa shape index (κ1) is 20.7. The molecule has 24 heavy (non-hydrogen) atoms. The molecule has 7 nitrogen and oxygen atoms in total. The summed E-state index contributed by atoms with van der Waals surface area (Å²) in [5.74, 6) is 0.0816. The number of hydrogen-bond donors (Lipinski definition) is 2. The van der Waals surface area contributed by atoms with Crippen molar-refractivity contribution in [2.24, 2.45) is 5.73 Å². The molecule has 1 aromatic rings. The van der Waals surface area contributed by atoms with Crippen molar-refractivity contribution in [2.45, 2.75) is 37.2 Å². The van der Waals surface area contributed by atoms with Crippen LogP contribution in [0.5, 0.6) is 5.75 Å². The fourth-order valence-electron chi connectivity index (χ4n) is 2.32. The molecule has 0 saturated heterocycles. The van der Waals surface area contributed by atoms with Gasteiger partial charge in [0.25, 0.3) is 0 Å². The molecule has 0 aliphatic carbocycles. The molecular weight excluding hydrogens is 356 g/mol. The molecule has 0 bridgehead atoms. The fraction of sp³-hybridized carbons (Fsp3) is 0.533. The molecule has 0 saturated carbocycles. The molecule has 2 rings (SSSR count). The molecule has 0 fully saturated rings. The summed E-state index contributed by atoms with van der Waals surface area (Å²) in [6.45, 7) is 2.88. The SMILES string of the molecule is CCOC(=O)C1Cc2cc(S(=O)(=O)NCCCCN)ccc2O1.Cl. The summed E-state index contributed by atoms with van der Waals surface area (Å²) in [7, 11) is -3.57. The van der Waals surface area contributed by atoms with Gasteiger partial charge < -0.3 is 15.2 Å². The minimum atomic E-state index is -3.57. The Labute approximate surface area is 148 Å². The van der Waals surface area contributed by atoms with Crippen molar-refractivity contribution >= 4 is 28.4 Å². The predicted molar refractivity (Wildman–Crippen MR) is 91.9 cm³/mol. The van der Waals surface area contributed by atoms with Gasteiger partial charge in [0.2, 0.25) is 10.0 Å². The van der Waals surface area contributed by atoms with E-state index in [1.165, 1.54) is 6.07 Å². The first-order chi connectivity index (χ1) is 11.0. The van der Waals surface area contributed by atoms with Gasteiger partial charge in [0, 0.05) is 13.0 Å². The van der Waals surface area contributed by atoms with Gasteiger partial charge in [0.15, 0.2) is 6.10 Å². The number of unbranched alkanes of at least 4 members (excludes halogenated alkanes) is 1. The third kappa shape index (κ3) is 5.07. The Bertz CT molecular complexity index is 666. The first-order valence-electron chi connectivity index (χ1n) is 7.64. The predicted octanol–water partition coefficient (Wildman–Crippen LogP) is 0.992. The van der Waals surface area contributed by atoms with E-state index in [0.29, 0.717) is 37.2 Å². The molecule has 1 aliphatic heterocycles. The lowest BCUT2D eigenvalue weighted by molar-refractivity contribution is -0.150. The van der Waals surface area contributed by atoms with Crippen molar-refractivity contribution in [1.82, 2.24) is 4.72 Å². The average molecular weight is 379 g/mol. The van der Waals surface area contributed by atoms with E-state index in [2.05, 4.69) is 4.72 Å². The molecule has 1 aromatic carbocycles. The van der Waals surface area contributed by atoms with Crippen LogP contribution in [-0.2, 0) is 26.0 Å². The summed E-state index contributed by atoms with van der Waals surface area (Å²) in [5, 5.41) is 0. The fourth-order valence-corrected chi connectivity index (χ4v) is 3.44. The van der Waals surface area contributed by atoms with E-state index < -0.39 is 22.1 Å². The lowest BCUT2D eigenvalue weighted by Gasteiger charge is -2.09. The number of sulfonamides is 1. The van der Waals surface area contributed by atoms with Crippen molar-refractivity contribution < 1.29 is 22.7 Å². The maximum absolute atomic E-state index is 12.2. The summed E-state index contributed by atoms with van der Waals surface area (Å²) < 4.78 is 37.4. The summed E-state index contributed by atoms with van der Waals surface area (Å²) in [6.07, 6.45) is 1.06. The van der Waals surface area contributed by atoms with Crippen LogP contribution in [0.15, 0.2) is 23.1 Å². The van der Waals surface area contributed by atoms with Crippen molar-refractivity contribution in [3.8, 4) is 5.75 Å². The lowest BCUT2D eigenvalue weighted by atomic mass is 10.1. The minimum absolute atomic E-state index is 0. The number of esters is 1. The molecule has 0 spiro atoms. The van der Waals surface area contributed by atoms with Gasteiger partial charge in [-0.05, 0) is 50.1 Å². The Morgan fingerprint density at radius 1 is 1.42 bits per heavy atom. The number of rotatable bonds is 8. The van der Waals surface area contributed by atoms with Crippen molar-refractivity contribution in [1.29, 1.82) is 0 Å². The Kier molecular flexibility index (Phi) is 7.95. The number of nitrogens with two attached hydrogens (primary N) is 1. The third-order valence-corrected chi connectivity index (χ3v) is 4.95. The second-order valence-electron chi connectivity index (χ2n) is 5.23. The van der Waals surface area contributed by atoms with Crippen LogP contribution < -0.4 is 15.2 Å². The van der Waals surface area contributed by atoms with E-state index in [9.17, 15) is 13.2 Å². The standard InChI is InChI=1S/C15H22N2O5S.ClH/c1-2-21-15(18)14-10-11-9-12(5-6-13(11)22-14)23(19,20)17-8-4-3-7-16;/h5-6,9,14,17H,2-4,7-8,10,16H2,1H3;1H. The number of fused-ring (bicyclic) bond motifs is 1. The highest BCUT2D eigenvalue weighted by molar-refractivity contribution is 7.89. The molecule has 0 radical (unpaired) electrons. The molecule has 1 atom stereocenters. The van der Waals surface area contributed by atoms with E-state index in [-0.39, 0.29) is 23.9 Å². The zero-order chi connectivity index (χ0) is 16.9. The quantitative estimate of drug-likeness (QED) is 0.516. The molecule has 1 heterocycles. The largest absolute Gasteiger partial charge is 0.478 e. The average Bonchev–Trinajstić information content (AvgIpc) is 2.95. The van der Waals surface area contributed by atoms with Crippen LogP contribution in [0.25, 0.3) is 0 Å². The van der Waals surface area contributed by atoms with Crippen LogP contribution >= 0.6 is 12.4 Å². The van der Waals surface area contributed by atoms with Gasteiger partial charge in [0.1, 0.15) is 5.75 Å². The number of ether oxygens (including phenoxy) is 2. The number of halogens is 1. The highest BCUT2D eigenvalue weighted by Crippen LogP contribution is 2.31. The highest BCUT2D eigenvalue weighted by atomic mass is 35.5. The van der Waals surface area contributed by atoms with E-state index >= 15 is 0 Å². The number of carbonyl (C=O) groups is 1. The van der Waals surface area contributed by atoms with Crippen LogP contribution in [0, 0.1) is 0 Å². The minimum Gasteiger partial charge on any atom is -0.478 e. The Hall–Kier alpha value is -1.35. The summed E-state index contributed by atoms with van der Waals surface area (Å²) in [4.78, 5) is 11.9. The summed E-state index contributed by atoms with van der Waals surface area (Å²) in [5.41, 5.74) is 6.07. The Morgan fingerprint density at radius 2 is 2.17 bits per heavy atom. The van der Waals surface area contributed by atoms with Gasteiger partial charge >= 0.3 is 5.97 Å². The molecule has 1 unspecified atom stereocenters. The van der Waals surface area contributed by atoms with Crippen LogP contribution in [0.3, 0.4) is 0 Å². The van der Waals surface area contributed by atoms with Gasteiger partial charge in [-0.1, -0.05) is 0 Å². The molecule has 1 aliphatic rings. The second-order valence-corrected chi connectivity index (χ2v) is 6.99. The van der Waals surface area contributed by atoms with Gasteiger partial charge in [-0.25, -0.2) is 17.9 Å². The van der Waals surface area contributed by atoms with Crippen LogP contribution in [-0.4, -0.2) is 40.2 Å². The molecular formula is C15H23ClN2O5S. The maximum Gasteiger partial charge on any atom is 0.347 e. The van der Waals surface area contributed by atoms with Gasteiger partial charge in [0.05, 0.1) is 11.5 Å². The number of nitrogens with one attached hydrogen (secondary N) is 1. The zero-order valence-electron chi connectivity index (χ0n) is 13.5. The van der Waals surface area contributed by atoms with E-state index in [4.69, 9.17) is 15.2 Å². The Morgan fingerprint density at radius 3 is 2.83 bits per heavy atom. The topological polar surface area (TPSA) is 108 Å². The van der Waals surface area contributed by atoms with Crippen LogP contribution in [0.2, 0.25) is 0 Å². The van der Waals surface area contributed by atoms with E-state index in [1.54, 1.807) is 19.1 Å². The lowest BCUT2D eigenvalue weighted by Crippen LogP contribution is -2.27. The van der Waals surface area contributed by atoms with Crippen molar-refractivity contribution in [3.05, 3.63) is 23.8 Å². The van der Waals surface area contributed by atoms with Gasteiger partial charge in [-0.15, -0.1) is 12.4 Å². The first-order valence-corrected chi connectivity index (χ1v) is 9.12. The number of benzene rings is 1. The van der Waals surface area contributed by atoms with Crippen LogP contribution in [0.1, 0.15) is 25.3 Å². The number of hydrogen-bond acceptors (Lipinski definition) is 6. The van der Waals surface area contributed by atoms with E-state index in [1.807, 2.05) is 0 Å². The van der Waals surface area contributed by atoms with Gasteiger partial charge in [-0.3, -0.25) is 0 Å². The molecule has 0 amide bonds. The third-order valence-electron chi connectivity index (χ3n) is 3.49. The zero-order valence-corrected chi connectivity index (χ0v) is 15.1. The molecule has 3 N–H and O–H groups in total. The molecule has 136 valence electrons. The van der Waals surface area contributed by atoms with Crippen molar-refractivity contribution in [3.63, 3.8) is 0 Å². The number of carbonyl (C=O) groups excluding carboxylic acids is 1. The molecule has 0 aromatic heterocycles. The van der Waals surface area contributed by atoms with Crippen LogP contribution in [0.4, 0.5) is 0 Å².